The van der Waals surface area contributed by atoms with Crippen LogP contribution in [-0.2, 0) is 0 Å². The average molecular weight is 265 g/mol. The highest BCUT2D eigenvalue weighted by Crippen LogP contribution is 2.33. The number of hydrogen-bond acceptors (Lipinski definition) is 5. The first-order chi connectivity index (χ1) is 8.25. The molecule has 3 nitrogen and oxygen atoms in total. The van der Waals surface area contributed by atoms with Gasteiger partial charge in [0.1, 0.15) is 17.0 Å². The van der Waals surface area contributed by atoms with Gasteiger partial charge in [0.25, 0.3) is 0 Å². The lowest BCUT2D eigenvalue weighted by Gasteiger charge is -2.12. The predicted molar refractivity (Wildman–Crippen MR) is 76.2 cm³/mol. The highest BCUT2D eigenvalue weighted by Gasteiger charge is 2.18. The topological polar surface area (TPSA) is 37.8 Å². The smallest absolute Gasteiger partial charge is 0.138 e. The zero-order valence-corrected chi connectivity index (χ0v) is 11.6. The molecule has 0 amide bonds. The summed E-state index contributed by atoms with van der Waals surface area (Å²) < 4.78 is 0. The third-order valence-corrected chi connectivity index (χ3v) is 5.51. The van der Waals surface area contributed by atoms with Crippen LogP contribution >= 0.6 is 23.1 Å². The molecule has 1 aliphatic heterocycles. The lowest BCUT2D eigenvalue weighted by molar-refractivity contribution is 0.808. The fraction of sp³-hybridized carbons (Fsp3) is 0.500. The van der Waals surface area contributed by atoms with Gasteiger partial charge in [-0.2, -0.15) is 11.8 Å². The Morgan fingerprint density at radius 3 is 3.00 bits per heavy atom. The van der Waals surface area contributed by atoms with Gasteiger partial charge in [-0.1, -0.05) is 0 Å². The molecule has 2 aromatic heterocycles. The number of hydrogen-bond donors (Lipinski definition) is 1. The van der Waals surface area contributed by atoms with E-state index in [1.54, 1.807) is 17.7 Å². The van der Waals surface area contributed by atoms with E-state index in [2.05, 4.69) is 29.1 Å². The van der Waals surface area contributed by atoms with Gasteiger partial charge in [-0.05, 0) is 31.6 Å². The molecule has 3 rings (SSSR count). The van der Waals surface area contributed by atoms with Gasteiger partial charge >= 0.3 is 0 Å². The zero-order chi connectivity index (χ0) is 11.8. The van der Waals surface area contributed by atoms with Crippen LogP contribution < -0.4 is 5.32 Å². The highest BCUT2D eigenvalue weighted by molar-refractivity contribution is 7.99. The molecule has 0 bridgehead atoms. The van der Waals surface area contributed by atoms with Crippen molar-refractivity contribution in [3.05, 3.63) is 16.8 Å². The van der Waals surface area contributed by atoms with Crippen molar-refractivity contribution in [2.75, 3.05) is 16.8 Å². The molecule has 17 heavy (non-hydrogen) atoms. The minimum absolute atomic E-state index is 0.567. The molecule has 0 radical (unpaired) electrons. The van der Waals surface area contributed by atoms with Crippen molar-refractivity contribution in [3.63, 3.8) is 0 Å². The van der Waals surface area contributed by atoms with Crippen LogP contribution in [0.2, 0.25) is 0 Å². The van der Waals surface area contributed by atoms with E-state index < -0.39 is 0 Å². The second-order valence-corrected chi connectivity index (χ2v) is 6.74. The SMILES string of the molecule is Cc1sc2ncnc(NC3CCSC3)c2c1C. The Morgan fingerprint density at radius 2 is 2.24 bits per heavy atom. The second-order valence-electron chi connectivity index (χ2n) is 4.39. The van der Waals surface area contributed by atoms with Crippen LogP contribution in [0.3, 0.4) is 0 Å². The average Bonchev–Trinajstić information content (AvgIpc) is 2.90. The molecule has 0 saturated carbocycles. The molecule has 90 valence electrons. The Hall–Kier alpha value is -0.810. The zero-order valence-electron chi connectivity index (χ0n) is 9.99. The normalized spacial score (nSPS) is 20.0. The minimum atomic E-state index is 0.567. The van der Waals surface area contributed by atoms with Crippen LogP contribution in [0.15, 0.2) is 6.33 Å². The molecule has 0 aliphatic carbocycles. The van der Waals surface area contributed by atoms with E-state index in [-0.39, 0.29) is 0 Å². The Labute approximate surface area is 109 Å². The summed E-state index contributed by atoms with van der Waals surface area (Å²) in [4.78, 5) is 11.2. The van der Waals surface area contributed by atoms with Crippen LogP contribution in [0.4, 0.5) is 5.82 Å². The molecule has 1 N–H and O–H groups in total. The molecule has 1 unspecified atom stereocenters. The van der Waals surface area contributed by atoms with E-state index in [9.17, 15) is 0 Å². The maximum absolute atomic E-state index is 4.42. The van der Waals surface area contributed by atoms with Gasteiger partial charge in [0, 0.05) is 16.7 Å². The second kappa shape index (κ2) is 4.46. The number of thiophene rings is 1. The van der Waals surface area contributed by atoms with E-state index >= 15 is 0 Å². The Bertz CT molecular complexity index is 544. The van der Waals surface area contributed by atoms with Crippen molar-refractivity contribution in [1.82, 2.24) is 9.97 Å². The minimum Gasteiger partial charge on any atom is -0.366 e. The lowest BCUT2D eigenvalue weighted by atomic mass is 10.2. The summed E-state index contributed by atoms with van der Waals surface area (Å²) >= 11 is 3.77. The number of aromatic nitrogens is 2. The molecule has 5 heteroatoms. The maximum atomic E-state index is 4.42. The summed E-state index contributed by atoms with van der Waals surface area (Å²) in [5.41, 5.74) is 1.32. The summed E-state index contributed by atoms with van der Waals surface area (Å²) in [6, 6.07) is 0.567. The van der Waals surface area contributed by atoms with Gasteiger partial charge in [-0.15, -0.1) is 11.3 Å². The van der Waals surface area contributed by atoms with Gasteiger partial charge in [0.05, 0.1) is 5.39 Å². The van der Waals surface area contributed by atoms with Gasteiger partial charge in [-0.25, -0.2) is 9.97 Å². The number of nitrogens with one attached hydrogen (secondary N) is 1. The third kappa shape index (κ3) is 2.02. The maximum Gasteiger partial charge on any atom is 0.138 e. The molecule has 1 aliphatic rings. The van der Waals surface area contributed by atoms with Gasteiger partial charge in [-0.3, -0.25) is 0 Å². The van der Waals surface area contributed by atoms with Crippen LogP contribution in [0.25, 0.3) is 10.2 Å². The summed E-state index contributed by atoms with van der Waals surface area (Å²) in [7, 11) is 0. The number of aryl methyl sites for hydroxylation is 2. The van der Waals surface area contributed by atoms with Gasteiger partial charge in [0.2, 0.25) is 0 Å². The summed E-state index contributed by atoms with van der Waals surface area (Å²) in [5.74, 6) is 3.46. The van der Waals surface area contributed by atoms with Crippen LogP contribution in [-0.4, -0.2) is 27.5 Å². The first kappa shape index (κ1) is 11.3. The van der Waals surface area contributed by atoms with E-state index in [0.29, 0.717) is 6.04 Å². The molecule has 1 saturated heterocycles. The Morgan fingerprint density at radius 1 is 1.35 bits per heavy atom. The number of thioether (sulfide) groups is 1. The van der Waals surface area contributed by atoms with Crippen LogP contribution in [0.1, 0.15) is 16.9 Å². The van der Waals surface area contributed by atoms with Crippen molar-refractivity contribution in [1.29, 1.82) is 0 Å². The molecular formula is C12H15N3S2. The molecule has 1 fully saturated rings. The van der Waals surface area contributed by atoms with E-state index in [1.807, 2.05) is 11.8 Å². The fourth-order valence-electron chi connectivity index (χ4n) is 2.13. The van der Waals surface area contributed by atoms with Crippen molar-refractivity contribution < 1.29 is 0 Å². The number of rotatable bonds is 2. The largest absolute Gasteiger partial charge is 0.366 e. The fourth-order valence-corrected chi connectivity index (χ4v) is 4.28. The number of nitrogens with zero attached hydrogens (tertiary/aromatic N) is 2. The van der Waals surface area contributed by atoms with Gasteiger partial charge < -0.3 is 5.32 Å². The van der Waals surface area contributed by atoms with Crippen molar-refractivity contribution in [3.8, 4) is 0 Å². The summed E-state index contributed by atoms with van der Waals surface area (Å²) in [6.07, 6.45) is 2.90. The Kier molecular flexibility index (Phi) is 2.96. The first-order valence-corrected chi connectivity index (χ1v) is 7.78. The van der Waals surface area contributed by atoms with Crippen LogP contribution in [0, 0.1) is 13.8 Å². The quantitative estimate of drug-likeness (QED) is 0.904. The Balaban J connectivity index is 2.02. The number of anilines is 1. The molecule has 1 atom stereocenters. The predicted octanol–water partition coefficient (Wildman–Crippen LogP) is 3.23. The van der Waals surface area contributed by atoms with E-state index in [4.69, 9.17) is 0 Å². The highest BCUT2D eigenvalue weighted by atomic mass is 32.2. The molecule has 3 heterocycles. The van der Waals surface area contributed by atoms with Crippen molar-refractivity contribution in [2.24, 2.45) is 0 Å². The summed E-state index contributed by atoms with van der Waals surface area (Å²) in [5, 5.41) is 4.79. The number of fused-ring (bicyclic) bond motifs is 1. The van der Waals surface area contributed by atoms with Crippen molar-refractivity contribution in [2.45, 2.75) is 26.3 Å². The van der Waals surface area contributed by atoms with Crippen molar-refractivity contribution >= 4 is 39.1 Å². The first-order valence-electron chi connectivity index (χ1n) is 5.80. The van der Waals surface area contributed by atoms with E-state index in [1.165, 1.54) is 33.8 Å². The summed E-state index contributed by atoms with van der Waals surface area (Å²) in [6.45, 7) is 4.31. The van der Waals surface area contributed by atoms with Crippen LogP contribution in [0.5, 0.6) is 0 Å². The standard InChI is InChI=1S/C12H15N3S2/c1-7-8(2)17-12-10(7)11(13-6-14-12)15-9-3-4-16-5-9/h6,9H,3-5H2,1-2H3,(H,13,14,15). The molecular weight excluding hydrogens is 250 g/mol. The van der Waals surface area contributed by atoms with Gasteiger partial charge in [0.15, 0.2) is 0 Å². The molecule has 0 spiro atoms. The molecule has 0 aromatic carbocycles. The third-order valence-electron chi connectivity index (χ3n) is 3.24. The molecule has 2 aromatic rings. The van der Waals surface area contributed by atoms with E-state index in [0.717, 1.165) is 10.6 Å². The monoisotopic (exact) mass is 265 g/mol. The lowest BCUT2D eigenvalue weighted by Crippen LogP contribution is -2.19.